The Morgan fingerprint density at radius 3 is 2.25 bits per heavy atom. The Bertz CT molecular complexity index is 667. The SMILES string of the molecule is CCc1ccc([C@H](C)NC(=O)[C@@H](C)Oc2ccccc2OC)cc1. The second kappa shape index (κ2) is 8.39. The monoisotopic (exact) mass is 327 g/mol. The fourth-order valence-electron chi connectivity index (χ4n) is 2.42. The smallest absolute Gasteiger partial charge is 0.261 e. The highest BCUT2D eigenvalue weighted by molar-refractivity contribution is 5.81. The van der Waals surface area contributed by atoms with E-state index in [-0.39, 0.29) is 11.9 Å². The number of carbonyl (C=O) groups excluding carboxylic acids is 1. The number of aryl methyl sites for hydroxylation is 1. The van der Waals surface area contributed by atoms with Gasteiger partial charge in [0, 0.05) is 0 Å². The van der Waals surface area contributed by atoms with Gasteiger partial charge in [-0.1, -0.05) is 43.3 Å². The molecule has 0 aromatic heterocycles. The van der Waals surface area contributed by atoms with Gasteiger partial charge in [0.05, 0.1) is 13.2 Å². The van der Waals surface area contributed by atoms with Crippen LogP contribution in [-0.4, -0.2) is 19.1 Å². The number of para-hydroxylation sites is 2. The summed E-state index contributed by atoms with van der Waals surface area (Å²) in [6.45, 7) is 5.82. The van der Waals surface area contributed by atoms with Gasteiger partial charge < -0.3 is 14.8 Å². The first-order chi connectivity index (χ1) is 11.5. The van der Waals surface area contributed by atoms with Crippen molar-refractivity contribution in [2.75, 3.05) is 7.11 Å². The minimum absolute atomic E-state index is 0.0767. The first-order valence-corrected chi connectivity index (χ1v) is 8.24. The second-order valence-electron chi connectivity index (χ2n) is 5.74. The van der Waals surface area contributed by atoms with E-state index in [0.29, 0.717) is 11.5 Å². The van der Waals surface area contributed by atoms with E-state index in [9.17, 15) is 4.79 Å². The van der Waals surface area contributed by atoms with Gasteiger partial charge in [-0.2, -0.15) is 0 Å². The Morgan fingerprint density at radius 1 is 1.04 bits per heavy atom. The van der Waals surface area contributed by atoms with E-state index in [2.05, 4.69) is 36.5 Å². The number of ether oxygens (including phenoxy) is 2. The molecule has 0 bridgehead atoms. The van der Waals surface area contributed by atoms with Crippen molar-refractivity contribution in [3.05, 3.63) is 59.7 Å². The predicted molar refractivity (Wildman–Crippen MR) is 95.5 cm³/mol. The lowest BCUT2D eigenvalue weighted by atomic mass is 10.0. The highest BCUT2D eigenvalue weighted by Gasteiger charge is 2.19. The van der Waals surface area contributed by atoms with E-state index in [0.717, 1.165) is 12.0 Å². The van der Waals surface area contributed by atoms with Crippen LogP contribution in [0.1, 0.15) is 37.9 Å². The molecule has 0 saturated carbocycles. The molecule has 4 heteroatoms. The molecule has 0 spiro atoms. The van der Waals surface area contributed by atoms with E-state index in [1.165, 1.54) is 5.56 Å². The molecule has 2 rings (SSSR count). The van der Waals surface area contributed by atoms with Gasteiger partial charge in [-0.25, -0.2) is 0 Å². The molecule has 0 heterocycles. The van der Waals surface area contributed by atoms with Crippen LogP contribution in [0.3, 0.4) is 0 Å². The molecule has 128 valence electrons. The van der Waals surface area contributed by atoms with E-state index in [1.54, 1.807) is 26.2 Å². The zero-order valence-corrected chi connectivity index (χ0v) is 14.7. The number of hydrogen-bond donors (Lipinski definition) is 1. The summed E-state index contributed by atoms with van der Waals surface area (Å²) < 4.78 is 11.0. The fourth-order valence-corrected chi connectivity index (χ4v) is 2.42. The standard InChI is InChI=1S/C20H25NO3/c1-5-16-10-12-17(13-11-16)14(2)21-20(22)15(3)24-19-9-7-6-8-18(19)23-4/h6-15H,5H2,1-4H3,(H,21,22)/t14-,15+/m0/s1. The van der Waals surface area contributed by atoms with Crippen molar-refractivity contribution in [1.29, 1.82) is 0 Å². The Kier molecular flexibility index (Phi) is 6.24. The normalized spacial score (nSPS) is 13.0. The van der Waals surface area contributed by atoms with Gasteiger partial charge in [0.25, 0.3) is 5.91 Å². The number of amides is 1. The van der Waals surface area contributed by atoms with Crippen molar-refractivity contribution >= 4 is 5.91 Å². The first kappa shape index (κ1) is 17.9. The zero-order valence-electron chi connectivity index (χ0n) is 14.7. The van der Waals surface area contributed by atoms with E-state index in [1.807, 2.05) is 19.1 Å². The molecule has 0 fully saturated rings. The maximum Gasteiger partial charge on any atom is 0.261 e. The van der Waals surface area contributed by atoms with Crippen LogP contribution in [0.15, 0.2) is 48.5 Å². The van der Waals surface area contributed by atoms with Crippen LogP contribution in [0.25, 0.3) is 0 Å². The number of carbonyl (C=O) groups is 1. The van der Waals surface area contributed by atoms with Gasteiger partial charge in [0.15, 0.2) is 17.6 Å². The summed E-state index contributed by atoms with van der Waals surface area (Å²) in [7, 11) is 1.58. The number of nitrogens with one attached hydrogen (secondary N) is 1. The number of benzene rings is 2. The third-order valence-electron chi connectivity index (χ3n) is 3.99. The molecule has 0 aliphatic rings. The number of methoxy groups -OCH3 is 1. The summed E-state index contributed by atoms with van der Waals surface area (Å²) >= 11 is 0. The third-order valence-corrected chi connectivity index (χ3v) is 3.99. The Labute approximate surface area is 143 Å². The van der Waals surface area contributed by atoms with Crippen LogP contribution in [0.2, 0.25) is 0 Å². The molecular formula is C20H25NO3. The van der Waals surface area contributed by atoms with E-state index >= 15 is 0 Å². The van der Waals surface area contributed by atoms with Crippen molar-refractivity contribution in [2.45, 2.75) is 39.3 Å². The van der Waals surface area contributed by atoms with Crippen molar-refractivity contribution < 1.29 is 14.3 Å². The Balaban J connectivity index is 1.97. The molecular weight excluding hydrogens is 302 g/mol. The van der Waals surface area contributed by atoms with Gasteiger partial charge in [0.2, 0.25) is 0 Å². The molecule has 0 saturated heterocycles. The average molecular weight is 327 g/mol. The zero-order chi connectivity index (χ0) is 17.5. The topological polar surface area (TPSA) is 47.6 Å². The van der Waals surface area contributed by atoms with E-state index in [4.69, 9.17) is 9.47 Å². The molecule has 2 atom stereocenters. The van der Waals surface area contributed by atoms with Crippen LogP contribution >= 0.6 is 0 Å². The minimum atomic E-state index is -0.612. The Morgan fingerprint density at radius 2 is 1.67 bits per heavy atom. The van der Waals surface area contributed by atoms with Gasteiger partial charge in [-0.05, 0) is 43.5 Å². The van der Waals surface area contributed by atoms with Gasteiger partial charge in [-0.15, -0.1) is 0 Å². The summed E-state index contributed by atoms with van der Waals surface area (Å²) in [5.41, 5.74) is 2.36. The summed E-state index contributed by atoms with van der Waals surface area (Å²) in [4.78, 5) is 12.4. The highest BCUT2D eigenvalue weighted by Crippen LogP contribution is 2.27. The summed E-state index contributed by atoms with van der Waals surface area (Å²) in [5, 5.41) is 2.99. The fraction of sp³-hybridized carbons (Fsp3) is 0.350. The molecule has 4 nitrogen and oxygen atoms in total. The molecule has 0 aliphatic carbocycles. The molecule has 0 radical (unpaired) electrons. The van der Waals surface area contributed by atoms with E-state index < -0.39 is 6.10 Å². The average Bonchev–Trinajstić information content (AvgIpc) is 2.62. The maximum atomic E-state index is 12.4. The van der Waals surface area contributed by atoms with Gasteiger partial charge >= 0.3 is 0 Å². The molecule has 0 aliphatic heterocycles. The summed E-state index contributed by atoms with van der Waals surface area (Å²) in [5.74, 6) is 1.01. The highest BCUT2D eigenvalue weighted by atomic mass is 16.5. The largest absolute Gasteiger partial charge is 0.493 e. The number of hydrogen-bond acceptors (Lipinski definition) is 3. The minimum Gasteiger partial charge on any atom is -0.493 e. The first-order valence-electron chi connectivity index (χ1n) is 8.24. The van der Waals surface area contributed by atoms with Crippen LogP contribution in [0.5, 0.6) is 11.5 Å². The lowest BCUT2D eigenvalue weighted by molar-refractivity contribution is -0.127. The molecule has 24 heavy (non-hydrogen) atoms. The second-order valence-corrected chi connectivity index (χ2v) is 5.74. The lowest BCUT2D eigenvalue weighted by Gasteiger charge is -2.20. The third kappa shape index (κ3) is 4.51. The molecule has 0 unspecified atom stereocenters. The lowest BCUT2D eigenvalue weighted by Crippen LogP contribution is -2.37. The van der Waals surface area contributed by atoms with Crippen molar-refractivity contribution in [3.8, 4) is 11.5 Å². The van der Waals surface area contributed by atoms with Crippen LogP contribution in [0, 0.1) is 0 Å². The van der Waals surface area contributed by atoms with Crippen LogP contribution in [0.4, 0.5) is 0 Å². The van der Waals surface area contributed by atoms with Gasteiger partial charge in [-0.3, -0.25) is 4.79 Å². The maximum absolute atomic E-state index is 12.4. The van der Waals surface area contributed by atoms with Crippen LogP contribution in [-0.2, 0) is 11.2 Å². The van der Waals surface area contributed by atoms with Crippen molar-refractivity contribution in [1.82, 2.24) is 5.32 Å². The quantitative estimate of drug-likeness (QED) is 0.839. The van der Waals surface area contributed by atoms with Crippen molar-refractivity contribution in [2.24, 2.45) is 0 Å². The molecule has 2 aromatic carbocycles. The number of rotatable bonds is 7. The van der Waals surface area contributed by atoms with Gasteiger partial charge in [0.1, 0.15) is 0 Å². The van der Waals surface area contributed by atoms with Crippen LogP contribution < -0.4 is 14.8 Å². The van der Waals surface area contributed by atoms with Crippen molar-refractivity contribution in [3.63, 3.8) is 0 Å². The molecule has 1 N–H and O–H groups in total. The summed E-state index contributed by atoms with van der Waals surface area (Å²) in [6, 6.07) is 15.5. The predicted octanol–water partition coefficient (Wildman–Crippen LogP) is 3.90. The molecule has 2 aromatic rings. The summed E-state index contributed by atoms with van der Waals surface area (Å²) in [6.07, 6.45) is 0.392. The molecule has 1 amide bonds. The Hall–Kier alpha value is -2.49.